The number of hydrogen-bond donors (Lipinski definition) is 2. The summed E-state index contributed by atoms with van der Waals surface area (Å²) in [6.45, 7) is 4.20. The summed E-state index contributed by atoms with van der Waals surface area (Å²) in [5.74, 6) is 0.0699. The quantitative estimate of drug-likeness (QED) is 0.831. The highest BCUT2D eigenvalue weighted by molar-refractivity contribution is 5.78. The van der Waals surface area contributed by atoms with E-state index in [2.05, 4.69) is 10.2 Å². The second-order valence-electron chi connectivity index (χ2n) is 4.98. The normalized spacial score (nSPS) is 21.8. The average Bonchev–Trinajstić information content (AvgIpc) is 2.75. The van der Waals surface area contributed by atoms with Crippen LogP contribution in [-0.4, -0.2) is 36.5 Å². The number of rotatable bonds is 4. The largest absolute Gasteiger partial charge is 0.348 e. The molecule has 0 radical (unpaired) electrons. The van der Waals surface area contributed by atoms with E-state index in [4.69, 9.17) is 5.73 Å². The van der Waals surface area contributed by atoms with E-state index in [1.54, 1.807) is 0 Å². The summed E-state index contributed by atoms with van der Waals surface area (Å²) in [5.41, 5.74) is 6.95. The summed E-state index contributed by atoms with van der Waals surface area (Å²) in [5, 5.41) is 3.02. The number of hydrogen-bond acceptors (Lipinski definition) is 3. The van der Waals surface area contributed by atoms with Crippen molar-refractivity contribution in [1.82, 2.24) is 10.2 Å². The van der Waals surface area contributed by atoms with Crippen molar-refractivity contribution in [2.24, 2.45) is 5.73 Å². The third-order valence-corrected chi connectivity index (χ3v) is 3.35. The van der Waals surface area contributed by atoms with Gasteiger partial charge >= 0.3 is 0 Å². The first-order chi connectivity index (χ1) is 8.65. The van der Waals surface area contributed by atoms with Crippen molar-refractivity contribution in [3.8, 4) is 0 Å². The highest BCUT2D eigenvalue weighted by atomic mass is 16.2. The Bertz CT molecular complexity index is 393. The molecule has 1 unspecified atom stereocenters. The number of nitrogens with two attached hydrogens (primary N) is 1. The van der Waals surface area contributed by atoms with Gasteiger partial charge in [0.25, 0.3) is 0 Å². The summed E-state index contributed by atoms with van der Waals surface area (Å²) in [6, 6.07) is 10.3. The molecule has 0 spiro atoms. The molecule has 1 saturated heterocycles. The molecule has 1 amide bonds. The Hall–Kier alpha value is -1.39. The Morgan fingerprint density at radius 3 is 2.83 bits per heavy atom. The number of nitrogens with zero attached hydrogens (tertiary/aromatic N) is 1. The number of amides is 1. The lowest BCUT2D eigenvalue weighted by molar-refractivity contribution is -0.122. The van der Waals surface area contributed by atoms with E-state index in [1.165, 1.54) is 0 Å². The van der Waals surface area contributed by atoms with Gasteiger partial charge in [0.2, 0.25) is 5.91 Å². The molecule has 1 aromatic rings. The molecule has 0 aromatic heterocycles. The standard InChI is InChI=1S/C14H21N3O/c1-11(12-5-3-2-4-6-12)16-14(18)10-17-8-7-13(15)9-17/h2-6,11,13H,7-10,15H2,1H3,(H,16,18)/t11?,13-/m0/s1. The van der Waals surface area contributed by atoms with Gasteiger partial charge in [-0.05, 0) is 18.9 Å². The monoisotopic (exact) mass is 247 g/mol. The van der Waals surface area contributed by atoms with Crippen LogP contribution in [0.4, 0.5) is 0 Å². The Morgan fingerprint density at radius 1 is 1.50 bits per heavy atom. The maximum Gasteiger partial charge on any atom is 0.234 e. The van der Waals surface area contributed by atoms with Gasteiger partial charge in [-0.15, -0.1) is 0 Å². The molecule has 1 aliphatic heterocycles. The molecule has 4 heteroatoms. The Kier molecular flexibility index (Phi) is 4.33. The van der Waals surface area contributed by atoms with Gasteiger partial charge in [0.05, 0.1) is 12.6 Å². The molecule has 0 bridgehead atoms. The fourth-order valence-electron chi connectivity index (χ4n) is 2.32. The van der Waals surface area contributed by atoms with Gasteiger partial charge in [-0.25, -0.2) is 0 Å². The van der Waals surface area contributed by atoms with Crippen LogP contribution < -0.4 is 11.1 Å². The Morgan fingerprint density at radius 2 is 2.22 bits per heavy atom. The third-order valence-electron chi connectivity index (χ3n) is 3.35. The number of nitrogens with one attached hydrogen (secondary N) is 1. The molecular formula is C14H21N3O. The molecule has 1 aliphatic rings. The second-order valence-corrected chi connectivity index (χ2v) is 4.98. The lowest BCUT2D eigenvalue weighted by Crippen LogP contribution is -2.38. The molecule has 0 saturated carbocycles. The molecule has 2 rings (SSSR count). The van der Waals surface area contributed by atoms with Crippen LogP contribution in [0.2, 0.25) is 0 Å². The van der Waals surface area contributed by atoms with Gasteiger partial charge < -0.3 is 11.1 Å². The van der Waals surface area contributed by atoms with E-state index in [1.807, 2.05) is 37.3 Å². The molecule has 3 N–H and O–H groups in total. The van der Waals surface area contributed by atoms with Crippen molar-refractivity contribution >= 4 is 5.91 Å². The molecule has 2 atom stereocenters. The Balaban J connectivity index is 1.81. The maximum atomic E-state index is 11.9. The number of likely N-dealkylation sites (tertiary alicyclic amines) is 1. The topological polar surface area (TPSA) is 58.4 Å². The van der Waals surface area contributed by atoms with Gasteiger partial charge in [-0.1, -0.05) is 30.3 Å². The SMILES string of the molecule is CC(NC(=O)CN1CC[C@H](N)C1)c1ccccc1. The summed E-state index contributed by atoms with van der Waals surface area (Å²) in [4.78, 5) is 14.0. The van der Waals surface area contributed by atoms with Crippen molar-refractivity contribution < 1.29 is 4.79 Å². The molecule has 1 aromatic carbocycles. The summed E-state index contributed by atoms with van der Waals surface area (Å²) >= 11 is 0. The molecule has 0 aliphatic carbocycles. The molecular weight excluding hydrogens is 226 g/mol. The first-order valence-corrected chi connectivity index (χ1v) is 6.47. The molecule has 1 fully saturated rings. The smallest absolute Gasteiger partial charge is 0.234 e. The average molecular weight is 247 g/mol. The molecule has 98 valence electrons. The van der Waals surface area contributed by atoms with Gasteiger partial charge in [0.15, 0.2) is 0 Å². The van der Waals surface area contributed by atoms with E-state index in [0.29, 0.717) is 6.54 Å². The summed E-state index contributed by atoms with van der Waals surface area (Å²) in [6.07, 6.45) is 0.988. The van der Waals surface area contributed by atoms with E-state index in [-0.39, 0.29) is 18.0 Å². The summed E-state index contributed by atoms with van der Waals surface area (Å²) < 4.78 is 0. The minimum Gasteiger partial charge on any atom is -0.348 e. The first kappa shape index (κ1) is 13.1. The van der Waals surface area contributed by atoms with Gasteiger partial charge in [-0.2, -0.15) is 0 Å². The van der Waals surface area contributed by atoms with Crippen molar-refractivity contribution in [3.05, 3.63) is 35.9 Å². The highest BCUT2D eigenvalue weighted by Gasteiger charge is 2.21. The molecule has 4 nitrogen and oxygen atoms in total. The molecule has 1 heterocycles. The van der Waals surface area contributed by atoms with Crippen molar-refractivity contribution in [2.75, 3.05) is 19.6 Å². The lowest BCUT2D eigenvalue weighted by atomic mass is 10.1. The van der Waals surface area contributed by atoms with E-state index in [9.17, 15) is 4.79 Å². The first-order valence-electron chi connectivity index (χ1n) is 6.47. The minimum absolute atomic E-state index is 0.0509. The maximum absolute atomic E-state index is 11.9. The number of benzene rings is 1. The zero-order valence-electron chi connectivity index (χ0n) is 10.8. The van der Waals surface area contributed by atoms with Crippen LogP contribution in [0.1, 0.15) is 24.9 Å². The zero-order valence-corrected chi connectivity index (χ0v) is 10.8. The van der Waals surface area contributed by atoms with Gasteiger partial charge in [0, 0.05) is 19.1 Å². The van der Waals surface area contributed by atoms with Crippen LogP contribution in [-0.2, 0) is 4.79 Å². The minimum atomic E-state index is 0.0509. The van der Waals surface area contributed by atoms with Crippen LogP contribution >= 0.6 is 0 Å². The van der Waals surface area contributed by atoms with E-state index in [0.717, 1.165) is 25.1 Å². The van der Waals surface area contributed by atoms with Crippen LogP contribution in [0.15, 0.2) is 30.3 Å². The Labute approximate surface area is 108 Å². The highest BCUT2D eigenvalue weighted by Crippen LogP contribution is 2.11. The molecule has 18 heavy (non-hydrogen) atoms. The van der Waals surface area contributed by atoms with Gasteiger partial charge in [-0.3, -0.25) is 9.69 Å². The second kappa shape index (κ2) is 5.98. The van der Waals surface area contributed by atoms with E-state index >= 15 is 0 Å². The predicted molar refractivity (Wildman–Crippen MR) is 72.0 cm³/mol. The van der Waals surface area contributed by atoms with Crippen LogP contribution in [0.5, 0.6) is 0 Å². The zero-order chi connectivity index (χ0) is 13.0. The van der Waals surface area contributed by atoms with Crippen molar-refractivity contribution in [2.45, 2.75) is 25.4 Å². The third kappa shape index (κ3) is 3.55. The van der Waals surface area contributed by atoms with Crippen molar-refractivity contribution in [1.29, 1.82) is 0 Å². The fourth-order valence-corrected chi connectivity index (χ4v) is 2.32. The van der Waals surface area contributed by atoms with Gasteiger partial charge in [0.1, 0.15) is 0 Å². The number of carbonyl (C=O) groups is 1. The van der Waals surface area contributed by atoms with Crippen LogP contribution in [0, 0.1) is 0 Å². The fraction of sp³-hybridized carbons (Fsp3) is 0.500. The van der Waals surface area contributed by atoms with Crippen molar-refractivity contribution in [3.63, 3.8) is 0 Å². The lowest BCUT2D eigenvalue weighted by Gasteiger charge is -2.18. The van der Waals surface area contributed by atoms with E-state index < -0.39 is 0 Å². The summed E-state index contributed by atoms with van der Waals surface area (Å²) in [7, 11) is 0. The number of carbonyl (C=O) groups excluding carboxylic acids is 1. The van der Waals surface area contributed by atoms with Crippen LogP contribution in [0.3, 0.4) is 0 Å². The predicted octanol–water partition coefficient (Wildman–Crippen LogP) is 0.897. The van der Waals surface area contributed by atoms with Crippen LogP contribution in [0.25, 0.3) is 0 Å².